The van der Waals surface area contributed by atoms with Crippen LogP contribution in [-0.2, 0) is 6.42 Å². The van der Waals surface area contributed by atoms with Crippen molar-refractivity contribution in [2.75, 3.05) is 6.26 Å². The third-order valence-electron chi connectivity index (χ3n) is 1.65. The number of benzene rings is 1. The van der Waals surface area contributed by atoms with E-state index in [9.17, 15) is 0 Å². The molecule has 1 aromatic carbocycles. The predicted molar refractivity (Wildman–Crippen MR) is 55.3 cm³/mol. The molecule has 0 radical (unpaired) electrons. The second-order valence-electron chi connectivity index (χ2n) is 2.27. The molecule has 11 heavy (non-hydrogen) atoms. The molecule has 0 saturated carbocycles. The summed E-state index contributed by atoms with van der Waals surface area (Å²) in [6.45, 7) is 2.18. The van der Waals surface area contributed by atoms with Crippen LogP contribution in [0.15, 0.2) is 27.6 Å². The van der Waals surface area contributed by atoms with Crippen molar-refractivity contribution >= 4 is 27.7 Å². The van der Waals surface area contributed by atoms with Crippen LogP contribution in [0.4, 0.5) is 0 Å². The largest absolute Gasteiger partial charge is 0.129 e. The van der Waals surface area contributed by atoms with Gasteiger partial charge in [0, 0.05) is 9.37 Å². The number of rotatable bonds is 2. The minimum atomic E-state index is 1.09. The smallest absolute Gasteiger partial charge is 0.0218 e. The molecule has 0 fully saturated rings. The van der Waals surface area contributed by atoms with E-state index >= 15 is 0 Å². The molecule has 0 unspecified atom stereocenters. The monoisotopic (exact) mass is 230 g/mol. The maximum atomic E-state index is 3.53. The molecule has 0 heterocycles. The lowest BCUT2D eigenvalue weighted by Crippen LogP contribution is -1.85. The normalized spacial score (nSPS) is 10.1. The summed E-state index contributed by atoms with van der Waals surface area (Å²) in [4.78, 5) is 1.38. The summed E-state index contributed by atoms with van der Waals surface area (Å²) in [6, 6.07) is 6.34. The first-order chi connectivity index (χ1) is 5.29. The molecule has 0 nitrogen and oxygen atoms in total. The molecule has 0 bridgehead atoms. The number of thioether (sulfide) groups is 1. The van der Waals surface area contributed by atoms with Crippen molar-refractivity contribution in [1.29, 1.82) is 0 Å². The molecule has 0 aliphatic rings. The fourth-order valence-corrected chi connectivity index (χ4v) is 2.57. The van der Waals surface area contributed by atoms with Gasteiger partial charge >= 0.3 is 0 Å². The van der Waals surface area contributed by atoms with Gasteiger partial charge in [-0.05, 0) is 30.4 Å². The van der Waals surface area contributed by atoms with Crippen molar-refractivity contribution < 1.29 is 0 Å². The molecule has 0 aliphatic heterocycles. The molecular weight excluding hydrogens is 220 g/mol. The Morgan fingerprint density at radius 1 is 1.45 bits per heavy atom. The summed E-state index contributed by atoms with van der Waals surface area (Å²) >= 11 is 5.34. The van der Waals surface area contributed by atoms with Gasteiger partial charge in [0.2, 0.25) is 0 Å². The molecule has 60 valence electrons. The SMILES string of the molecule is CCc1c(Br)cccc1SC. The summed E-state index contributed by atoms with van der Waals surface area (Å²) in [5.74, 6) is 0. The van der Waals surface area contributed by atoms with Gasteiger partial charge in [-0.3, -0.25) is 0 Å². The molecule has 1 rings (SSSR count). The zero-order valence-corrected chi connectivity index (χ0v) is 9.13. The third kappa shape index (κ3) is 2.00. The summed E-state index contributed by atoms with van der Waals surface area (Å²) in [5.41, 5.74) is 1.42. The van der Waals surface area contributed by atoms with E-state index in [1.807, 2.05) is 0 Å². The minimum absolute atomic E-state index is 1.09. The van der Waals surface area contributed by atoms with E-state index in [-0.39, 0.29) is 0 Å². The maximum Gasteiger partial charge on any atom is 0.0218 e. The van der Waals surface area contributed by atoms with Crippen LogP contribution in [-0.4, -0.2) is 6.26 Å². The lowest BCUT2D eigenvalue weighted by atomic mass is 10.2. The summed E-state index contributed by atoms with van der Waals surface area (Å²) in [7, 11) is 0. The van der Waals surface area contributed by atoms with Crippen LogP contribution in [0.2, 0.25) is 0 Å². The Morgan fingerprint density at radius 3 is 2.64 bits per heavy atom. The van der Waals surface area contributed by atoms with Crippen LogP contribution in [0.5, 0.6) is 0 Å². The van der Waals surface area contributed by atoms with Gasteiger partial charge < -0.3 is 0 Å². The Balaban J connectivity index is 3.13. The average molecular weight is 231 g/mol. The molecule has 0 aliphatic carbocycles. The molecule has 1 aromatic rings. The summed E-state index contributed by atoms with van der Waals surface area (Å²) in [6.07, 6.45) is 3.21. The molecule has 0 N–H and O–H groups in total. The van der Waals surface area contributed by atoms with Crippen molar-refractivity contribution in [3.63, 3.8) is 0 Å². The zero-order chi connectivity index (χ0) is 8.27. The fraction of sp³-hybridized carbons (Fsp3) is 0.333. The van der Waals surface area contributed by atoms with Gasteiger partial charge in [-0.25, -0.2) is 0 Å². The van der Waals surface area contributed by atoms with Gasteiger partial charge in [-0.1, -0.05) is 28.9 Å². The van der Waals surface area contributed by atoms with Crippen LogP contribution in [0.25, 0.3) is 0 Å². The quantitative estimate of drug-likeness (QED) is 0.699. The summed E-state index contributed by atoms with van der Waals surface area (Å²) in [5, 5.41) is 0. The van der Waals surface area contributed by atoms with E-state index in [0.717, 1.165) is 6.42 Å². The topological polar surface area (TPSA) is 0 Å². The molecule has 0 aromatic heterocycles. The van der Waals surface area contributed by atoms with Crippen LogP contribution in [0.1, 0.15) is 12.5 Å². The van der Waals surface area contributed by atoms with E-state index in [4.69, 9.17) is 0 Å². The van der Waals surface area contributed by atoms with E-state index in [2.05, 4.69) is 47.3 Å². The Labute approximate surface area is 80.5 Å². The highest BCUT2D eigenvalue weighted by Crippen LogP contribution is 2.27. The van der Waals surface area contributed by atoms with E-state index in [0.29, 0.717) is 0 Å². The first kappa shape index (κ1) is 9.14. The van der Waals surface area contributed by atoms with Crippen molar-refractivity contribution in [3.05, 3.63) is 28.2 Å². The van der Waals surface area contributed by atoms with Gasteiger partial charge in [0.25, 0.3) is 0 Å². The van der Waals surface area contributed by atoms with Crippen LogP contribution >= 0.6 is 27.7 Å². The summed E-state index contributed by atoms with van der Waals surface area (Å²) < 4.78 is 1.23. The lowest BCUT2D eigenvalue weighted by molar-refractivity contribution is 1.07. The predicted octanol–water partition coefficient (Wildman–Crippen LogP) is 3.73. The van der Waals surface area contributed by atoms with Crippen molar-refractivity contribution in [2.45, 2.75) is 18.2 Å². The number of hydrogen-bond acceptors (Lipinski definition) is 1. The standard InChI is InChI=1S/C9H11BrS/c1-3-7-8(10)5-4-6-9(7)11-2/h4-6H,3H2,1-2H3. The van der Waals surface area contributed by atoms with Crippen molar-refractivity contribution in [3.8, 4) is 0 Å². The number of halogens is 1. The number of hydrogen-bond donors (Lipinski definition) is 0. The molecule has 2 heteroatoms. The molecule has 0 amide bonds. The minimum Gasteiger partial charge on any atom is -0.129 e. The Morgan fingerprint density at radius 2 is 2.18 bits per heavy atom. The second kappa shape index (κ2) is 4.17. The fourth-order valence-electron chi connectivity index (χ4n) is 1.07. The van der Waals surface area contributed by atoms with Gasteiger partial charge in [-0.2, -0.15) is 0 Å². The first-order valence-corrected chi connectivity index (χ1v) is 5.62. The highest BCUT2D eigenvalue weighted by molar-refractivity contribution is 9.10. The maximum absolute atomic E-state index is 3.53. The highest BCUT2D eigenvalue weighted by Gasteiger charge is 2.01. The van der Waals surface area contributed by atoms with Crippen molar-refractivity contribution in [1.82, 2.24) is 0 Å². The Hall–Kier alpha value is 0.0500. The van der Waals surface area contributed by atoms with Crippen molar-refractivity contribution in [2.24, 2.45) is 0 Å². The third-order valence-corrected chi connectivity index (χ3v) is 3.21. The van der Waals surface area contributed by atoms with Gasteiger partial charge in [0.15, 0.2) is 0 Å². The van der Waals surface area contributed by atoms with Gasteiger partial charge in [0.1, 0.15) is 0 Å². The molecule has 0 saturated heterocycles. The Bertz CT molecular complexity index is 245. The highest BCUT2D eigenvalue weighted by atomic mass is 79.9. The van der Waals surface area contributed by atoms with E-state index in [1.54, 1.807) is 11.8 Å². The first-order valence-electron chi connectivity index (χ1n) is 3.61. The van der Waals surface area contributed by atoms with E-state index in [1.165, 1.54) is 14.9 Å². The molecular formula is C9H11BrS. The molecule has 0 atom stereocenters. The zero-order valence-electron chi connectivity index (χ0n) is 6.73. The Kier molecular flexibility index (Phi) is 3.46. The second-order valence-corrected chi connectivity index (χ2v) is 3.98. The van der Waals surface area contributed by atoms with Gasteiger partial charge in [-0.15, -0.1) is 11.8 Å². The van der Waals surface area contributed by atoms with E-state index < -0.39 is 0 Å². The van der Waals surface area contributed by atoms with Crippen LogP contribution in [0, 0.1) is 0 Å². The van der Waals surface area contributed by atoms with Gasteiger partial charge in [0.05, 0.1) is 0 Å². The van der Waals surface area contributed by atoms with Crippen LogP contribution < -0.4 is 0 Å². The lowest BCUT2D eigenvalue weighted by Gasteiger charge is -2.05. The average Bonchev–Trinajstić information content (AvgIpc) is 2.04. The van der Waals surface area contributed by atoms with Crippen LogP contribution in [0.3, 0.4) is 0 Å². The molecule has 0 spiro atoms.